The van der Waals surface area contributed by atoms with Crippen molar-refractivity contribution in [2.45, 2.75) is 13.8 Å². The van der Waals surface area contributed by atoms with Crippen LogP contribution in [0, 0.1) is 5.92 Å². The molecule has 16 heavy (non-hydrogen) atoms. The molecule has 0 atom stereocenters. The van der Waals surface area contributed by atoms with Gasteiger partial charge in [0, 0.05) is 19.7 Å². The van der Waals surface area contributed by atoms with E-state index < -0.39 is 5.91 Å². The average Bonchev–Trinajstić information content (AvgIpc) is 2.64. The predicted octanol–water partition coefficient (Wildman–Crippen LogP) is 0.237. The van der Waals surface area contributed by atoms with E-state index in [1.807, 2.05) is 13.8 Å². The number of aromatic amines is 1. The highest BCUT2D eigenvalue weighted by Crippen LogP contribution is 2.04. The smallest absolute Gasteiger partial charge is 0.271 e. The summed E-state index contributed by atoms with van der Waals surface area (Å²) in [5.41, 5.74) is 5.38. The highest BCUT2D eigenvalue weighted by Gasteiger charge is 2.16. The predicted molar refractivity (Wildman–Crippen MR) is 58.9 cm³/mol. The number of primary amides is 1. The molecule has 0 aliphatic heterocycles. The summed E-state index contributed by atoms with van der Waals surface area (Å²) in [4.78, 5) is 24.2. The third-order valence-corrected chi connectivity index (χ3v) is 2.05. The summed E-state index contributed by atoms with van der Waals surface area (Å²) in [5, 5.41) is 6.15. The van der Waals surface area contributed by atoms with E-state index in [-0.39, 0.29) is 17.3 Å². The van der Waals surface area contributed by atoms with E-state index in [9.17, 15) is 9.59 Å². The molecule has 3 N–H and O–H groups in total. The molecule has 6 heteroatoms. The van der Waals surface area contributed by atoms with E-state index in [0.29, 0.717) is 12.5 Å². The first-order valence-electron chi connectivity index (χ1n) is 5.02. The number of hydrogen-bond donors (Lipinski definition) is 2. The maximum Gasteiger partial charge on any atom is 0.271 e. The van der Waals surface area contributed by atoms with E-state index in [2.05, 4.69) is 10.2 Å². The maximum atomic E-state index is 11.8. The van der Waals surface area contributed by atoms with Gasteiger partial charge < -0.3 is 10.6 Å². The third kappa shape index (κ3) is 2.82. The molecule has 0 saturated carbocycles. The van der Waals surface area contributed by atoms with Gasteiger partial charge in [-0.15, -0.1) is 0 Å². The Morgan fingerprint density at radius 3 is 2.62 bits per heavy atom. The number of carbonyl (C=O) groups excluding carboxylic acids is 2. The van der Waals surface area contributed by atoms with Crippen molar-refractivity contribution in [3.63, 3.8) is 0 Å². The molecule has 0 aliphatic carbocycles. The Morgan fingerprint density at radius 2 is 2.19 bits per heavy atom. The van der Waals surface area contributed by atoms with E-state index in [4.69, 9.17) is 5.73 Å². The molecule has 2 amide bonds. The Kier molecular flexibility index (Phi) is 3.65. The van der Waals surface area contributed by atoms with Crippen LogP contribution in [0.5, 0.6) is 0 Å². The molecule has 0 unspecified atom stereocenters. The van der Waals surface area contributed by atoms with Crippen LogP contribution in [0.15, 0.2) is 6.07 Å². The Labute approximate surface area is 93.8 Å². The number of nitrogens with zero attached hydrogens (tertiary/aromatic N) is 2. The quantitative estimate of drug-likeness (QED) is 0.767. The zero-order valence-electron chi connectivity index (χ0n) is 9.65. The number of carbonyl (C=O) groups is 2. The second-order valence-electron chi connectivity index (χ2n) is 4.11. The summed E-state index contributed by atoms with van der Waals surface area (Å²) >= 11 is 0. The van der Waals surface area contributed by atoms with Crippen LogP contribution in [-0.4, -0.2) is 40.5 Å². The van der Waals surface area contributed by atoms with Gasteiger partial charge in [-0.2, -0.15) is 5.10 Å². The van der Waals surface area contributed by atoms with E-state index in [1.54, 1.807) is 11.9 Å². The number of H-pyrrole nitrogens is 1. The van der Waals surface area contributed by atoms with Gasteiger partial charge in [-0.1, -0.05) is 13.8 Å². The van der Waals surface area contributed by atoms with Crippen LogP contribution in [0.25, 0.3) is 0 Å². The molecule has 0 fully saturated rings. The first-order valence-corrected chi connectivity index (χ1v) is 5.02. The molecule has 1 rings (SSSR count). The first kappa shape index (κ1) is 12.2. The summed E-state index contributed by atoms with van der Waals surface area (Å²) in [6.45, 7) is 4.68. The highest BCUT2D eigenvalue weighted by atomic mass is 16.2. The minimum absolute atomic E-state index is 0.0706. The summed E-state index contributed by atoms with van der Waals surface area (Å²) in [6, 6.07) is 1.36. The zero-order chi connectivity index (χ0) is 12.3. The first-order chi connectivity index (χ1) is 7.41. The van der Waals surface area contributed by atoms with Crippen LogP contribution in [0.2, 0.25) is 0 Å². The molecule has 0 spiro atoms. The molecule has 6 nitrogen and oxygen atoms in total. The highest BCUT2D eigenvalue weighted by molar-refractivity contribution is 5.96. The van der Waals surface area contributed by atoms with Crippen LogP contribution in [0.4, 0.5) is 0 Å². The van der Waals surface area contributed by atoms with E-state index >= 15 is 0 Å². The largest absolute Gasteiger partial charge is 0.364 e. The molecule has 1 heterocycles. The molecular weight excluding hydrogens is 208 g/mol. The molecule has 0 saturated heterocycles. The fourth-order valence-corrected chi connectivity index (χ4v) is 1.39. The van der Waals surface area contributed by atoms with Gasteiger partial charge in [-0.3, -0.25) is 14.7 Å². The van der Waals surface area contributed by atoms with Gasteiger partial charge in [-0.05, 0) is 5.92 Å². The lowest BCUT2D eigenvalue weighted by Crippen LogP contribution is -2.30. The maximum absolute atomic E-state index is 11.8. The molecule has 0 aliphatic rings. The van der Waals surface area contributed by atoms with Crippen LogP contribution in [-0.2, 0) is 0 Å². The molecule has 0 radical (unpaired) electrons. The minimum Gasteiger partial charge on any atom is -0.364 e. The lowest BCUT2D eigenvalue weighted by atomic mass is 10.2. The third-order valence-electron chi connectivity index (χ3n) is 2.05. The van der Waals surface area contributed by atoms with Gasteiger partial charge in [0.2, 0.25) is 0 Å². The van der Waals surface area contributed by atoms with Crippen molar-refractivity contribution in [2.75, 3.05) is 13.6 Å². The molecule has 0 aromatic carbocycles. The Bertz CT molecular complexity index is 397. The molecule has 1 aromatic heterocycles. The normalized spacial score (nSPS) is 10.5. The van der Waals surface area contributed by atoms with Crippen molar-refractivity contribution in [2.24, 2.45) is 11.7 Å². The van der Waals surface area contributed by atoms with Gasteiger partial charge in [0.05, 0.1) is 0 Å². The van der Waals surface area contributed by atoms with Gasteiger partial charge in [0.1, 0.15) is 5.69 Å². The SMILES string of the molecule is CC(C)CN(C)C(=O)c1cc(C(N)=O)n[nH]1. The number of hydrogen-bond acceptors (Lipinski definition) is 3. The lowest BCUT2D eigenvalue weighted by Gasteiger charge is -2.18. The zero-order valence-corrected chi connectivity index (χ0v) is 9.65. The summed E-state index contributed by atoms with van der Waals surface area (Å²) < 4.78 is 0. The standard InChI is InChI=1S/C10H16N4O2/c1-6(2)5-14(3)10(16)8-4-7(9(11)15)12-13-8/h4,6H,5H2,1-3H3,(H2,11,15)(H,12,13). The average molecular weight is 224 g/mol. The Hall–Kier alpha value is -1.85. The van der Waals surface area contributed by atoms with Gasteiger partial charge >= 0.3 is 0 Å². The summed E-state index contributed by atoms with van der Waals surface area (Å²) in [5.74, 6) is -0.469. The number of nitrogens with two attached hydrogens (primary N) is 1. The molecule has 0 bridgehead atoms. The topological polar surface area (TPSA) is 92.1 Å². The fourth-order valence-electron chi connectivity index (χ4n) is 1.39. The van der Waals surface area contributed by atoms with Gasteiger partial charge in [0.15, 0.2) is 5.69 Å². The van der Waals surface area contributed by atoms with Crippen molar-refractivity contribution in [1.82, 2.24) is 15.1 Å². The minimum atomic E-state index is -0.651. The van der Waals surface area contributed by atoms with Crippen LogP contribution < -0.4 is 5.73 Å². The van der Waals surface area contributed by atoms with Crippen molar-refractivity contribution in [1.29, 1.82) is 0 Å². The number of nitrogens with one attached hydrogen (secondary N) is 1. The molecule has 88 valence electrons. The van der Waals surface area contributed by atoms with Crippen LogP contribution in [0.1, 0.15) is 34.8 Å². The van der Waals surface area contributed by atoms with Crippen molar-refractivity contribution in [3.8, 4) is 0 Å². The Balaban J connectivity index is 2.76. The van der Waals surface area contributed by atoms with Crippen LogP contribution >= 0.6 is 0 Å². The van der Waals surface area contributed by atoms with E-state index in [0.717, 1.165) is 0 Å². The van der Waals surface area contributed by atoms with Crippen molar-refractivity contribution in [3.05, 3.63) is 17.5 Å². The monoisotopic (exact) mass is 224 g/mol. The van der Waals surface area contributed by atoms with Crippen LogP contribution in [0.3, 0.4) is 0 Å². The summed E-state index contributed by atoms with van der Waals surface area (Å²) in [6.07, 6.45) is 0. The number of amides is 2. The fraction of sp³-hybridized carbons (Fsp3) is 0.500. The second kappa shape index (κ2) is 4.78. The van der Waals surface area contributed by atoms with Crippen molar-refractivity contribution >= 4 is 11.8 Å². The molecule has 1 aromatic rings. The van der Waals surface area contributed by atoms with Crippen molar-refractivity contribution < 1.29 is 9.59 Å². The Morgan fingerprint density at radius 1 is 1.56 bits per heavy atom. The van der Waals surface area contributed by atoms with Gasteiger partial charge in [-0.25, -0.2) is 0 Å². The number of rotatable bonds is 4. The summed E-state index contributed by atoms with van der Waals surface area (Å²) in [7, 11) is 1.70. The lowest BCUT2D eigenvalue weighted by molar-refractivity contribution is 0.0773. The number of aromatic nitrogens is 2. The molecular formula is C10H16N4O2. The van der Waals surface area contributed by atoms with Gasteiger partial charge in [0.25, 0.3) is 11.8 Å². The second-order valence-corrected chi connectivity index (χ2v) is 4.11. The van der Waals surface area contributed by atoms with E-state index in [1.165, 1.54) is 6.07 Å².